The Labute approximate surface area is 108 Å². The van der Waals surface area contributed by atoms with Gasteiger partial charge in [0.25, 0.3) is 0 Å². The van der Waals surface area contributed by atoms with E-state index in [4.69, 9.17) is 5.26 Å². The van der Waals surface area contributed by atoms with E-state index in [0.29, 0.717) is 23.8 Å². The highest BCUT2D eigenvalue weighted by Crippen LogP contribution is 2.48. The molecule has 1 aliphatic rings. The van der Waals surface area contributed by atoms with Crippen molar-refractivity contribution in [2.45, 2.75) is 39.2 Å². The summed E-state index contributed by atoms with van der Waals surface area (Å²) in [6.07, 6.45) is 3.13. The van der Waals surface area contributed by atoms with E-state index >= 15 is 0 Å². The summed E-state index contributed by atoms with van der Waals surface area (Å²) < 4.78 is 0. The highest BCUT2D eigenvalue weighted by molar-refractivity contribution is 7.10. The van der Waals surface area contributed by atoms with Crippen molar-refractivity contribution in [1.29, 1.82) is 5.26 Å². The monoisotopic (exact) mass is 248 g/mol. The second kappa shape index (κ2) is 5.20. The molecule has 1 atom stereocenters. The van der Waals surface area contributed by atoms with Crippen LogP contribution in [-0.2, 0) is 0 Å². The molecule has 0 saturated heterocycles. The molecule has 1 aromatic rings. The van der Waals surface area contributed by atoms with Gasteiger partial charge in [-0.15, -0.1) is 11.3 Å². The molecule has 0 bridgehead atoms. The largest absolute Gasteiger partial charge is 0.308 e. The molecular weight excluding hydrogens is 228 g/mol. The van der Waals surface area contributed by atoms with Crippen LogP contribution in [0.4, 0.5) is 0 Å². The lowest BCUT2D eigenvalue weighted by molar-refractivity contribution is 0.364. The van der Waals surface area contributed by atoms with Crippen LogP contribution < -0.4 is 5.32 Å². The molecule has 1 fully saturated rings. The van der Waals surface area contributed by atoms with Crippen molar-refractivity contribution >= 4 is 11.3 Å². The number of nitriles is 1. The minimum absolute atomic E-state index is 0.291. The van der Waals surface area contributed by atoms with Gasteiger partial charge in [0.15, 0.2) is 0 Å². The van der Waals surface area contributed by atoms with E-state index < -0.39 is 0 Å². The van der Waals surface area contributed by atoms with Crippen LogP contribution in [0.5, 0.6) is 0 Å². The van der Waals surface area contributed by atoms with Gasteiger partial charge in [0.05, 0.1) is 6.07 Å². The molecule has 0 spiro atoms. The van der Waals surface area contributed by atoms with Crippen LogP contribution in [0.2, 0.25) is 0 Å². The van der Waals surface area contributed by atoms with E-state index in [1.54, 1.807) is 0 Å². The first-order valence-electron chi connectivity index (χ1n) is 6.31. The van der Waals surface area contributed by atoms with Crippen molar-refractivity contribution in [1.82, 2.24) is 5.32 Å². The number of nitrogens with one attached hydrogen (secondary N) is 1. The van der Waals surface area contributed by atoms with Gasteiger partial charge in [-0.3, -0.25) is 0 Å². The van der Waals surface area contributed by atoms with Crippen LogP contribution >= 0.6 is 11.3 Å². The number of nitrogens with zero attached hydrogens (tertiary/aromatic N) is 1. The van der Waals surface area contributed by atoms with Crippen molar-refractivity contribution < 1.29 is 0 Å². The molecule has 3 heteroatoms. The van der Waals surface area contributed by atoms with Crippen molar-refractivity contribution in [3.05, 3.63) is 22.4 Å². The summed E-state index contributed by atoms with van der Waals surface area (Å²) in [7, 11) is 0. The van der Waals surface area contributed by atoms with Gasteiger partial charge in [0.2, 0.25) is 0 Å². The number of thiophene rings is 1. The molecule has 2 rings (SSSR count). The quantitative estimate of drug-likeness (QED) is 0.832. The maximum atomic E-state index is 8.82. The van der Waals surface area contributed by atoms with Crippen molar-refractivity contribution in [3.63, 3.8) is 0 Å². The average Bonchev–Trinajstić information content (AvgIpc) is 2.85. The Morgan fingerprint density at radius 3 is 2.76 bits per heavy atom. The highest BCUT2D eigenvalue weighted by atomic mass is 32.1. The van der Waals surface area contributed by atoms with Gasteiger partial charge in [-0.2, -0.15) is 5.26 Å². The fourth-order valence-electron chi connectivity index (χ4n) is 2.22. The fourth-order valence-corrected chi connectivity index (χ4v) is 3.19. The minimum Gasteiger partial charge on any atom is -0.308 e. The molecule has 1 aromatic heterocycles. The van der Waals surface area contributed by atoms with E-state index in [-0.39, 0.29) is 0 Å². The Morgan fingerprint density at radius 1 is 1.53 bits per heavy atom. The van der Waals surface area contributed by atoms with Gasteiger partial charge in [0.1, 0.15) is 0 Å². The molecule has 17 heavy (non-hydrogen) atoms. The smallest absolute Gasteiger partial charge is 0.0628 e. The first-order chi connectivity index (χ1) is 8.17. The lowest BCUT2D eigenvalue weighted by Gasteiger charge is -2.24. The van der Waals surface area contributed by atoms with Gasteiger partial charge in [-0.05, 0) is 35.6 Å². The summed E-state index contributed by atoms with van der Waals surface area (Å²) in [5.41, 5.74) is 0.291. The molecule has 0 amide bonds. The van der Waals surface area contributed by atoms with Crippen molar-refractivity contribution in [2.75, 3.05) is 6.54 Å². The minimum atomic E-state index is 0.291. The standard InChI is InChI=1S/C14H20N2S/c1-11(2)13(12-4-3-9-17-12)16-10-14(5-6-14)7-8-15/h3-4,9,11,13,16H,5-7,10H2,1-2H3. The topological polar surface area (TPSA) is 35.8 Å². The van der Waals surface area contributed by atoms with E-state index in [9.17, 15) is 0 Å². The molecule has 2 nitrogen and oxygen atoms in total. The highest BCUT2D eigenvalue weighted by Gasteiger charge is 2.42. The van der Waals surface area contributed by atoms with Crippen molar-refractivity contribution in [3.8, 4) is 6.07 Å². The predicted molar refractivity (Wildman–Crippen MR) is 71.8 cm³/mol. The molecule has 1 unspecified atom stereocenters. The Hall–Kier alpha value is -0.850. The van der Waals surface area contributed by atoms with Gasteiger partial charge in [-0.25, -0.2) is 0 Å². The molecule has 1 N–H and O–H groups in total. The second-order valence-corrected chi connectivity index (χ2v) is 6.43. The first-order valence-corrected chi connectivity index (χ1v) is 7.19. The van der Waals surface area contributed by atoms with E-state index in [1.807, 2.05) is 11.3 Å². The summed E-state index contributed by atoms with van der Waals surface area (Å²) >= 11 is 1.82. The molecule has 1 heterocycles. The predicted octanol–water partition coefficient (Wildman–Crippen LogP) is 3.73. The van der Waals surface area contributed by atoms with Gasteiger partial charge in [-0.1, -0.05) is 19.9 Å². The normalized spacial score (nSPS) is 18.9. The fraction of sp³-hybridized carbons (Fsp3) is 0.643. The Kier molecular flexibility index (Phi) is 3.86. The van der Waals surface area contributed by atoms with Gasteiger partial charge in [0, 0.05) is 23.9 Å². The summed E-state index contributed by atoms with van der Waals surface area (Å²) in [6, 6.07) is 7.07. The number of rotatable bonds is 6. The third-order valence-corrected chi connectivity index (χ3v) is 4.58. The Bertz CT molecular complexity index is 385. The Balaban J connectivity index is 1.94. The second-order valence-electron chi connectivity index (χ2n) is 5.45. The average molecular weight is 248 g/mol. The van der Waals surface area contributed by atoms with E-state index in [2.05, 4.69) is 42.7 Å². The van der Waals surface area contributed by atoms with Gasteiger partial charge >= 0.3 is 0 Å². The van der Waals surface area contributed by atoms with Crippen LogP contribution in [0.1, 0.15) is 44.0 Å². The van der Waals surface area contributed by atoms with Crippen LogP contribution in [0, 0.1) is 22.7 Å². The van der Waals surface area contributed by atoms with Crippen molar-refractivity contribution in [2.24, 2.45) is 11.3 Å². The summed E-state index contributed by atoms with van der Waals surface area (Å²) in [6.45, 7) is 5.49. The zero-order chi connectivity index (χ0) is 12.3. The number of hydrogen-bond acceptors (Lipinski definition) is 3. The molecule has 0 aromatic carbocycles. The van der Waals surface area contributed by atoms with E-state index in [0.717, 1.165) is 6.54 Å². The summed E-state index contributed by atoms with van der Waals surface area (Å²) in [5.74, 6) is 0.589. The maximum Gasteiger partial charge on any atom is 0.0628 e. The Morgan fingerprint density at radius 2 is 2.29 bits per heavy atom. The maximum absolute atomic E-state index is 8.82. The van der Waals surface area contributed by atoms with Crippen LogP contribution in [0.3, 0.4) is 0 Å². The lowest BCUT2D eigenvalue weighted by Crippen LogP contribution is -2.30. The molecule has 1 aliphatic carbocycles. The third kappa shape index (κ3) is 3.08. The molecule has 1 saturated carbocycles. The van der Waals surface area contributed by atoms with Crippen LogP contribution in [0.25, 0.3) is 0 Å². The molecule has 0 aliphatic heterocycles. The molecule has 92 valence electrons. The summed E-state index contributed by atoms with van der Waals surface area (Å²) in [5, 5.41) is 14.6. The first kappa shape index (κ1) is 12.6. The SMILES string of the molecule is CC(C)C(NCC1(CC#N)CC1)c1cccs1. The summed E-state index contributed by atoms with van der Waals surface area (Å²) in [4.78, 5) is 1.41. The zero-order valence-corrected chi connectivity index (χ0v) is 11.4. The lowest BCUT2D eigenvalue weighted by atomic mass is 9.99. The molecule has 0 radical (unpaired) electrons. The van der Waals surface area contributed by atoms with Crippen LogP contribution in [-0.4, -0.2) is 6.54 Å². The zero-order valence-electron chi connectivity index (χ0n) is 10.6. The number of hydrogen-bond donors (Lipinski definition) is 1. The van der Waals surface area contributed by atoms with Crippen LogP contribution in [0.15, 0.2) is 17.5 Å². The molecular formula is C14H20N2S. The van der Waals surface area contributed by atoms with E-state index in [1.165, 1.54) is 17.7 Å². The van der Waals surface area contributed by atoms with Gasteiger partial charge < -0.3 is 5.32 Å². The third-order valence-electron chi connectivity index (χ3n) is 3.62.